The molecule has 1 fully saturated rings. The molecule has 0 unspecified atom stereocenters. The first kappa shape index (κ1) is 23.3. The smallest absolute Gasteiger partial charge is 0.262 e. The summed E-state index contributed by atoms with van der Waals surface area (Å²) < 4.78 is 38.7. The lowest BCUT2D eigenvalue weighted by atomic mass is 10.2. The van der Waals surface area contributed by atoms with Crippen molar-refractivity contribution < 1.29 is 27.5 Å². The molecule has 2 N–H and O–H groups in total. The van der Waals surface area contributed by atoms with Gasteiger partial charge in [-0.25, -0.2) is 8.42 Å². The molecule has 0 radical (unpaired) electrons. The molecule has 2 aromatic carbocycles. The Kier molecular flexibility index (Phi) is 6.78. The number of nitrogens with one attached hydrogen (secondary N) is 2. The van der Waals surface area contributed by atoms with Crippen LogP contribution in [0.1, 0.15) is 25.3 Å². The molecule has 0 aromatic heterocycles. The van der Waals surface area contributed by atoms with Gasteiger partial charge in [0, 0.05) is 19.2 Å². The van der Waals surface area contributed by atoms with E-state index >= 15 is 0 Å². The van der Waals surface area contributed by atoms with Crippen LogP contribution in [0.2, 0.25) is 5.02 Å². The summed E-state index contributed by atoms with van der Waals surface area (Å²) in [6.07, 6.45) is 0.957. The highest BCUT2D eigenvalue weighted by molar-refractivity contribution is 7.89. The normalized spacial score (nSPS) is 18.2. The van der Waals surface area contributed by atoms with Gasteiger partial charge in [-0.3, -0.25) is 9.59 Å². The number of amides is 2. The molecule has 2 heterocycles. The third-order valence-corrected chi connectivity index (χ3v) is 7.83. The zero-order valence-electron chi connectivity index (χ0n) is 18.0. The van der Waals surface area contributed by atoms with Crippen molar-refractivity contribution in [3.63, 3.8) is 0 Å². The van der Waals surface area contributed by atoms with Gasteiger partial charge in [-0.2, -0.15) is 4.31 Å². The molecule has 4 rings (SSSR count). The molecule has 2 aliphatic heterocycles. The van der Waals surface area contributed by atoms with Gasteiger partial charge in [-0.05, 0) is 43.5 Å². The van der Waals surface area contributed by atoms with E-state index in [9.17, 15) is 18.0 Å². The van der Waals surface area contributed by atoms with Gasteiger partial charge in [0.15, 0.2) is 6.61 Å². The lowest BCUT2D eigenvalue weighted by Crippen LogP contribution is -2.45. The average Bonchev–Trinajstić information content (AvgIpc) is 3.29. The summed E-state index contributed by atoms with van der Waals surface area (Å²) in [6.45, 7) is 2.72. The summed E-state index contributed by atoms with van der Waals surface area (Å²) >= 11 is 6.25. The first-order valence-electron chi connectivity index (χ1n) is 10.6. The molecular formula is C22H24ClN3O6S. The van der Waals surface area contributed by atoms with Crippen LogP contribution in [0.3, 0.4) is 0 Å². The lowest BCUT2D eigenvalue weighted by Gasteiger charge is -2.25. The molecule has 9 nitrogen and oxygen atoms in total. The number of hydrogen-bond acceptors (Lipinski definition) is 6. The van der Waals surface area contributed by atoms with Crippen LogP contribution >= 0.6 is 11.6 Å². The number of fused-ring (bicyclic) bond motifs is 1. The molecular weight excluding hydrogens is 470 g/mol. The number of carbonyl (C=O) groups is 2. The minimum absolute atomic E-state index is 0.0556. The van der Waals surface area contributed by atoms with E-state index in [2.05, 4.69) is 10.6 Å². The maximum Gasteiger partial charge on any atom is 0.262 e. The Labute approximate surface area is 197 Å². The van der Waals surface area contributed by atoms with Gasteiger partial charge in [0.05, 0.1) is 17.3 Å². The number of halogens is 1. The molecule has 1 atom stereocenters. The topological polar surface area (TPSA) is 114 Å². The van der Waals surface area contributed by atoms with Crippen LogP contribution in [-0.2, 0) is 26.2 Å². The summed E-state index contributed by atoms with van der Waals surface area (Å²) in [6, 6.07) is 9.13. The first-order valence-corrected chi connectivity index (χ1v) is 12.4. The standard InChI is InChI=1S/C22H24ClN3O6S/c1-2-31-15-7-5-14(6-8-15)12-24-22(28)18-4-3-9-26(18)33(29,30)20-11-19-17(10-16(20)23)25-21(27)13-32-19/h5-8,10-11,18H,2-4,9,12-13H2,1H3,(H,24,28)(H,25,27)/t18-/m1/s1. The quantitative estimate of drug-likeness (QED) is 0.612. The molecule has 33 heavy (non-hydrogen) atoms. The summed E-state index contributed by atoms with van der Waals surface area (Å²) in [7, 11) is -4.07. The number of nitrogens with zero attached hydrogens (tertiary/aromatic N) is 1. The third-order valence-electron chi connectivity index (χ3n) is 5.46. The maximum atomic E-state index is 13.4. The second-order valence-electron chi connectivity index (χ2n) is 7.68. The Morgan fingerprint density at radius 3 is 2.79 bits per heavy atom. The molecule has 2 amide bonds. The van der Waals surface area contributed by atoms with Gasteiger partial charge in [0.25, 0.3) is 5.91 Å². The number of carbonyl (C=O) groups excluding carboxylic acids is 2. The number of hydrogen-bond donors (Lipinski definition) is 2. The van der Waals surface area contributed by atoms with E-state index in [4.69, 9.17) is 21.1 Å². The second-order valence-corrected chi connectivity index (χ2v) is 9.95. The van der Waals surface area contributed by atoms with E-state index in [1.54, 1.807) is 0 Å². The predicted octanol–water partition coefficient (Wildman–Crippen LogP) is 2.54. The van der Waals surface area contributed by atoms with E-state index in [0.29, 0.717) is 25.1 Å². The summed E-state index contributed by atoms with van der Waals surface area (Å²) in [4.78, 5) is 24.2. The van der Waals surface area contributed by atoms with Crippen molar-refractivity contribution in [2.24, 2.45) is 0 Å². The van der Waals surface area contributed by atoms with Crippen LogP contribution in [0.15, 0.2) is 41.3 Å². The van der Waals surface area contributed by atoms with Gasteiger partial charge in [0.1, 0.15) is 22.4 Å². The lowest BCUT2D eigenvalue weighted by molar-refractivity contribution is -0.124. The van der Waals surface area contributed by atoms with Crippen molar-refractivity contribution in [2.45, 2.75) is 37.2 Å². The van der Waals surface area contributed by atoms with Crippen molar-refractivity contribution in [1.82, 2.24) is 9.62 Å². The maximum absolute atomic E-state index is 13.4. The Hall–Kier alpha value is -2.82. The van der Waals surface area contributed by atoms with Gasteiger partial charge >= 0.3 is 0 Å². The van der Waals surface area contributed by atoms with Crippen molar-refractivity contribution in [1.29, 1.82) is 0 Å². The van der Waals surface area contributed by atoms with Crippen molar-refractivity contribution >= 4 is 39.1 Å². The van der Waals surface area contributed by atoms with Crippen LogP contribution in [-0.4, -0.2) is 50.3 Å². The van der Waals surface area contributed by atoms with Crippen molar-refractivity contribution in [3.8, 4) is 11.5 Å². The Morgan fingerprint density at radius 2 is 2.06 bits per heavy atom. The fraction of sp³-hybridized carbons (Fsp3) is 0.364. The highest BCUT2D eigenvalue weighted by Gasteiger charge is 2.40. The number of sulfonamides is 1. The zero-order valence-corrected chi connectivity index (χ0v) is 19.5. The fourth-order valence-corrected chi connectivity index (χ4v) is 6.05. The molecule has 11 heteroatoms. The third kappa shape index (κ3) is 4.92. The summed E-state index contributed by atoms with van der Waals surface area (Å²) in [5, 5.41) is 5.36. The summed E-state index contributed by atoms with van der Waals surface area (Å²) in [5.74, 6) is 0.236. The Balaban J connectivity index is 1.49. The van der Waals surface area contributed by atoms with Gasteiger partial charge in [-0.1, -0.05) is 23.7 Å². The van der Waals surface area contributed by atoms with Crippen LogP contribution in [0.25, 0.3) is 0 Å². The van der Waals surface area contributed by atoms with E-state index < -0.39 is 16.1 Å². The molecule has 0 aliphatic carbocycles. The molecule has 0 spiro atoms. The Bertz CT molecular complexity index is 1170. The minimum atomic E-state index is -4.07. The van der Waals surface area contributed by atoms with Crippen LogP contribution in [0.4, 0.5) is 5.69 Å². The van der Waals surface area contributed by atoms with E-state index in [0.717, 1.165) is 11.3 Å². The number of anilines is 1. The van der Waals surface area contributed by atoms with Crippen molar-refractivity contribution in [3.05, 3.63) is 47.0 Å². The van der Waals surface area contributed by atoms with Gasteiger partial charge in [0.2, 0.25) is 15.9 Å². The SMILES string of the molecule is CCOc1ccc(CNC(=O)[C@H]2CCCN2S(=O)(=O)c2cc3c(cc2Cl)NC(=O)CO3)cc1. The van der Waals surface area contributed by atoms with Gasteiger partial charge < -0.3 is 20.1 Å². The molecule has 2 aliphatic rings. The molecule has 176 valence electrons. The molecule has 1 saturated heterocycles. The van der Waals surface area contributed by atoms with E-state index in [1.165, 1.54) is 16.4 Å². The highest BCUT2D eigenvalue weighted by Crippen LogP contribution is 2.38. The van der Waals surface area contributed by atoms with E-state index in [1.807, 2.05) is 31.2 Å². The first-order chi connectivity index (χ1) is 15.8. The average molecular weight is 494 g/mol. The van der Waals surface area contributed by atoms with E-state index in [-0.39, 0.29) is 47.2 Å². The zero-order chi connectivity index (χ0) is 23.6. The van der Waals surface area contributed by atoms with Gasteiger partial charge in [-0.15, -0.1) is 0 Å². The second kappa shape index (κ2) is 9.58. The molecule has 2 aromatic rings. The minimum Gasteiger partial charge on any atom is -0.494 e. The predicted molar refractivity (Wildman–Crippen MR) is 122 cm³/mol. The number of rotatable bonds is 7. The number of ether oxygens (including phenoxy) is 2. The highest BCUT2D eigenvalue weighted by atomic mass is 35.5. The molecule has 0 saturated carbocycles. The van der Waals surface area contributed by atoms with Crippen LogP contribution in [0, 0.1) is 0 Å². The largest absolute Gasteiger partial charge is 0.494 e. The molecule has 0 bridgehead atoms. The Morgan fingerprint density at radius 1 is 1.30 bits per heavy atom. The van der Waals surface area contributed by atoms with Crippen molar-refractivity contribution in [2.75, 3.05) is 25.1 Å². The monoisotopic (exact) mass is 493 g/mol. The number of benzene rings is 2. The fourth-order valence-electron chi connectivity index (χ4n) is 3.87. The summed E-state index contributed by atoms with van der Waals surface area (Å²) in [5.41, 5.74) is 1.18. The van der Waals surface area contributed by atoms with Crippen LogP contribution in [0.5, 0.6) is 11.5 Å². The van der Waals surface area contributed by atoms with Crippen LogP contribution < -0.4 is 20.1 Å².